The molecule has 0 unspecified atom stereocenters. The van der Waals surface area contributed by atoms with Gasteiger partial charge in [0.15, 0.2) is 0 Å². The first kappa shape index (κ1) is 12.2. The zero-order chi connectivity index (χ0) is 12.4. The molecule has 94 valence electrons. The Kier molecular flexibility index (Phi) is 3.57. The second-order valence-corrected chi connectivity index (χ2v) is 5.27. The van der Waals surface area contributed by atoms with Crippen molar-refractivity contribution in [2.75, 3.05) is 44.4 Å². The van der Waals surface area contributed by atoms with Crippen LogP contribution in [0.4, 0.5) is 11.4 Å². The maximum atomic E-state index is 5.93. The molecule has 0 atom stereocenters. The molecule has 2 rings (SSSR count). The van der Waals surface area contributed by atoms with Crippen LogP contribution in [0.15, 0.2) is 18.2 Å². The number of aryl methyl sites for hydroxylation is 1. The molecule has 0 saturated carbocycles. The lowest BCUT2D eigenvalue weighted by molar-refractivity contribution is 0.283. The van der Waals surface area contributed by atoms with Gasteiger partial charge in [-0.15, -0.1) is 0 Å². The molecule has 17 heavy (non-hydrogen) atoms. The van der Waals surface area contributed by atoms with Crippen LogP contribution in [0, 0.1) is 5.92 Å². The van der Waals surface area contributed by atoms with Crippen molar-refractivity contribution in [1.29, 1.82) is 0 Å². The summed E-state index contributed by atoms with van der Waals surface area (Å²) in [6, 6.07) is 6.41. The molecule has 2 N–H and O–H groups in total. The van der Waals surface area contributed by atoms with Gasteiger partial charge in [-0.1, -0.05) is 6.92 Å². The highest BCUT2D eigenvalue weighted by molar-refractivity contribution is 5.59. The van der Waals surface area contributed by atoms with Crippen LogP contribution < -0.4 is 10.6 Å². The molecule has 1 aromatic carbocycles. The number of anilines is 2. The maximum absolute atomic E-state index is 5.93. The van der Waals surface area contributed by atoms with E-state index >= 15 is 0 Å². The van der Waals surface area contributed by atoms with Gasteiger partial charge in [0, 0.05) is 36.9 Å². The molecule has 1 aliphatic heterocycles. The first-order valence-electron chi connectivity index (χ1n) is 6.38. The van der Waals surface area contributed by atoms with E-state index in [0.717, 1.165) is 18.0 Å². The molecular formula is C14H23N3. The van der Waals surface area contributed by atoms with Gasteiger partial charge in [-0.2, -0.15) is 0 Å². The van der Waals surface area contributed by atoms with Crippen molar-refractivity contribution in [2.45, 2.75) is 13.3 Å². The predicted molar refractivity (Wildman–Crippen MR) is 74.5 cm³/mol. The molecule has 3 nitrogen and oxygen atoms in total. The van der Waals surface area contributed by atoms with Crippen molar-refractivity contribution in [3.05, 3.63) is 23.8 Å². The molecular weight excluding hydrogens is 210 g/mol. The van der Waals surface area contributed by atoms with Crippen molar-refractivity contribution >= 4 is 11.4 Å². The van der Waals surface area contributed by atoms with Gasteiger partial charge in [0.05, 0.1) is 0 Å². The lowest BCUT2D eigenvalue weighted by atomic mass is 9.98. The molecule has 0 amide bonds. The molecule has 0 bridgehead atoms. The fraction of sp³-hybridized carbons (Fsp3) is 0.571. The number of hydrogen-bond acceptors (Lipinski definition) is 3. The van der Waals surface area contributed by atoms with Crippen molar-refractivity contribution in [2.24, 2.45) is 5.92 Å². The van der Waals surface area contributed by atoms with Gasteiger partial charge in [0.1, 0.15) is 0 Å². The fourth-order valence-corrected chi connectivity index (χ4v) is 2.51. The molecule has 1 aromatic rings. The van der Waals surface area contributed by atoms with Crippen LogP contribution in [0.3, 0.4) is 0 Å². The van der Waals surface area contributed by atoms with Gasteiger partial charge < -0.3 is 15.5 Å². The average Bonchev–Trinajstić information content (AvgIpc) is 2.24. The summed E-state index contributed by atoms with van der Waals surface area (Å²) in [7, 11) is 4.28. The number of nitrogens with zero attached hydrogens (tertiary/aromatic N) is 2. The first-order valence-corrected chi connectivity index (χ1v) is 6.38. The predicted octanol–water partition coefficient (Wildman–Crippen LogP) is 1.83. The molecule has 1 aliphatic rings. The standard InChI is InChI=1S/C14H23N3/c1-4-12-7-13(5-6-14(12)15)17-9-11(10-17)8-16(2)3/h5-7,11H,4,8-10,15H2,1-3H3. The van der Waals surface area contributed by atoms with Crippen molar-refractivity contribution in [3.8, 4) is 0 Å². The first-order chi connectivity index (χ1) is 8.10. The van der Waals surface area contributed by atoms with E-state index in [9.17, 15) is 0 Å². The Bertz CT molecular complexity index is 381. The summed E-state index contributed by atoms with van der Waals surface area (Å²) >= 11 is 0. The second-order valence-electron chi connectivity index (χ2n) is 5.27. The Labute approximate surface area is 104 Å². The average molecular weight is 233 g/mol. The summed E-state index contributed by atoms with van der Waals surface area (Å²) in [4.78, 5) is 4.70. The lowest BCUT2D eigenvalue weighted by Gasteiger charge is -2.42. The van der Waals surface area contributed by atoms with Crippen LogP contribution in [-0.4, -0.2) is 38.6 Å². The van der Waals surface area contributed by atoms with Gasteiger partial charge in [-0.05, 0) is 44.3 Å². The van der Waals surface area contributed by atoms with Gasteiger partial charge in [0.2, 0.25) is 0 Å². The van der Waals surface area contributed by atoms with E-state index in [1.54, 1.807) is 0 Å². The quantitative estimate of drug-likeness (QED) is 0.805. The van der Waals surface area contributed by atoms with Crippen LogP contribution in [0.5, 0.6) is 0 Å². The number of benzene rings is 1. The van der Waals surface area contributed by atoms with Crippen molar-refractivity contribution < 1.29 is 0 Å². The monoisotopic (exact) mass is 233 g/mol. The summed E-state index contributed by atoms with van der Waals surface area (Å²) in [6.07, 6.45) is 1.01. The molecule has 3 heteroatoms. The van der Waals surface area contributed by atoms with E-state index in [0.29, 0.717) is 0 Å². The summed E-state index contributed by atoms with van der Waals surface area (Å²) in [5.41, 5.74) is 9.43. The van der Waals surface area contributed by atoms with Crippen LogP contribution in [0.2, 0.25) is 0 Å². The van der Waals surface area contributed by atoms with Crippen LogP contribution in [0.25, 0.3) is 0 Å². The Morgan fingerprint density at radius 2 is 2.06 bits per heavy atom. The Morgan fingerprint density at radius 3 is 2.65 bits per heavy atom. The van der Waals surface area contributed by atoms with Gasteiger partial charge in [-0.3, -0.25) is 0 Å². The number of nitrogens with two attached hydrogens (primary N) is 1. The zero-order valence-electron chi connectivity index (χ0n) is 11.1. The molecule has 0 aliphatic carbocycles. The topological polar surface area (TPSA) is 32.5 Å². The third-order valence-corrected chi connectivity index (χ3v) is 3.45. The Morgan fingerprint density at radius 1 is 1.35 bits per heavy atom. The van der Waals surface area contributed by atoms with E-state index in [1.807, 2.05) is 6.07 Å². The van der Waals surface area contributed by atoms with E-state index in [-0.39, 0.29) is 0 Å². The molecule has 1 fully saturated rings. The SMILES string of the molecule is CCc1cc(N2CC(CN(C)C)C2)ccc1N. The zero-order valence-corrected chi connectivity index (χ0v) is 11.1. The molecule has 0 aromatic heterocycles. The van der Waals surface area contributed by atoms with Crippen molar-refractivity contribution in [1.82, 2.24) is 4.90 Å². The molecule has 0 radical (unpaired) electrons. The van der Waals surface area contributed by atoms with E-state index in [4.69, 9.17) is 5.73 Å². The third kappa shape index (κ3) is 2.72. The number of nitrogen functional groups attached to an aromatic ring is 1. The van der Waals surface area contributed by atoms with E-state index in [2.05, 4.69) is 43.0 Å². The lowest BCUT2D eigenvalue weighted by Crippen LogP contribution is -2.50. The smallest absolute Gasteiger partial charge is 0.0370 e. The van der Waals surface area contributed by atoms with Gasteiger partial charge in [-0.25, -0.2) is 0 Å². The Balaban J connectivity index is 1.97. The highest BCUT2D eigenvalue weighted by atomic mass is 15.2. The number of hydrogen-bond donors (Lipinski definition) is 1. The van der Waals surface area contributed by atoms with E-state index < -0.39 is 0 Å². The summed E-state index contributed by atoms with van der Waals surface area (Å²) in [5, 5.41) is 0. The highest BCUT2D eigenvalue weighted by Gasteiger charge is 2.27. The minimum Gasteiger partial charge on any atom is -0.399 e. The molecule has 0 spiro atoms. The largest absolute Gasteiger partial charge is 0.399 e. The van der Waals surface area contributed by atoms with E-state index in [1.165, 1.54) is 30.9 Å². The highest BCUT2D eigenvalue weighted by Crippen LogP contribution is 2.28. The summed E-state index contributed by atoms with van der Waals surface area (Å²) in [6.45, 7) is 5.68. The maximum Gasteiger partial charge on any atom is 0.0370 e. The minimum atomic E-state index is 0.813. The van der Waals surface area contributed by atoms with Gasteiger partial charge in [0.25, 0.3) is 0 Å². The van der Waals surface area contributed by atoms with Gasteiger partial charge >= 0.3 is 0 Å². The van der Waals surface area contributed by atoms with Crippen LogP contribution >= 0.6 is 0 Å². The summed E-state index contributed by atoms with van der Waals surface area (Å²) in [5.74, 6) is 0.813. The number of rotatable bonds is 4. The summed E-state index contributed by atoms with van der Waals surface area (Å²) < 4.78 is 0. The Hall–Kier alpha value is -1.22. The minimum absolute atomic E-state index is 0.813. The third-order valence-electron chi connectivity index (χ3n) is 3.45. The molecule has 1 saturated heterocycles. The second kappa shape index (κ2) is 4.96. The van der Waals surface area contributed by atoms with Crippen LogP contribution in [-0.2, 0) is 6.42 Å². The normalized spacial score (nSPS) is 16.4. The van der Waals surface area contributed by atoms with Crippen LogP contribution in [0.1, 0.15) is 12.5 Å². The molecule has 1 heterocycles. The van der Waals surface area contributed by atoms with Crippen molar-refractivity contribution in [3.63, 3.8) is 0 Å². The fourth-order valence-electron chi connectivity index (χ4n) is 2.51.